The number of fused-ring (bicyclic) bond motifs is 3. The Morgan fingerprint density at radius 2 is 2.00 bits per heavy atom. The minimum Gasteiger partial charge on any atom is -0.508 e. The highest BCUT2D eigenvalue weighted by atomic mass is 16.6. The van der Waals surface area contributed by atoms with Crippen LogP contribution in [0.5, 0.6) is 5.75 Å². The van der Waals surface area contributed by atoms with Crippen molar-refractivity contribution in [2.45, 2.75) is 23.9 Å². The van der Waals surface area contributed by atoms with E-state index in [0.717, 1.165) is 16.5 Å². The van der Waals surface area contributed by atoms with Crippen LogP contribution in [0.1, 0.15) is 23.5 Å². The van der Waals surface area contributed by atoms with E-state index in [0.29, 0.717) is 11.3 Å². The zero-order valence-corrected chi connectivity index (χ0v) is 14.8. The number of anilines is 1. The molecule has 7 heteroatoms. The number of aliphatic hydroxyl groups excluding tert-OH is 1. The molecule has 7 nitrogen and oxygen atoms in total. The number of rotatable bonds is 2. The predicted octanol–water partition coefficient (Wildman–Crippen LogP) is 2.15. The third kappa shape index (κ3) is 2.13. The van der Waals surface area contributed by atoms with Crippen molar-refractivity contribution in [1.29, 1.82) is 0 Å². The van der Waals surface area contributed by atoms with E-state index in [-0.39, 0.29) is 18.1 Å². The molecular formula is C21H18N2O5. The molecule has 1 amide bonds. The van der Waals surface area contributed by atoms with Gasteiger partial charge in [0.25, 0.3) is 0 Å². The molecule has 3 atom stereocenters. The summed E-state index contributed by atoms with van der Waals surface area (Å²) in [5, 5.41) is 23.5. The molecule has 0 aliphatic carbocycles. The molecule has 3 unspecified atom stereocenters. The summed E-state index contributed by atoms with van der Waals surface area (Å²) in [4.78, 5) is 28.9. The standard InChI is InChI=1S/C21H18N2O5/c24-10-17-19(13-9-22-15-4-2-1-3-12(13)15)21(8-18(26)28-17)14-6-5-11(25)7-16(14)23-20(21)27/h1-7,9,17,19,22,24-25H,8,10H2,(H,23,27). The van der Waals surface area contributed by atoms with E-state index < -0.39 is 30.0 Å². The quantitative estimate of drug-likeness (QED) is 0.511. The number of aliphatic hydroxyl groups is 1. The molecule has 2 aliphatic rings. The minimum atomic E-state index is -1.23. The molecule has 3 aromatic rings. The Morgan fingerprint density at radius 3 is 2.82 bits per heavy atom. The van der Waals surface area contributed by atoms with E-state index in [4.69, 9.17) is 4.74 Å². The second-order valence-electron chi connectivity index (χ2n) is 7.31. The van der Waals surface area contributed by atoms with Crippen molar-refractivity contribution in [2.75, 3.05) is 11.9 Å². The molecule has 28 heavy (non-hydrogen) atoms. The van der Waals surface area contributed by atoms with Crippen molar-refractivity contribution in [3.05, 3.63) is 59.8 Å². The Bertz CT molecular complexity index is 1120. The van der Waals surface area contributed by atoms with Crippen LogP contribution >= 0.6 is 0 Å². The molecule has 5 rings (SSSR count). The number of benzene rings is 2. The first kappa shape index (κ1) is 16.8. The fourth-order valence-corrected chi connectivity index (χ4v) is 4.76. The monoisotopic (exact) mass is 378 g/mol. The maximum atomic E-state index is 13.3. The molecule has 1 aromatic heterocycles. The number of hydrogen-bond acceptors (Lipinski definition) is 5. The van der Waals surface area contributed by atoms with Crippen LogP contribution < -0.4 is 5.32 Å². The van der Waals surface area contributed by atoms with Gasteiger partial charge in [0.15, 0.2) is 0 Å². The number of cyclic esters (lactones) is 1. The lowest BCUT2D eigenvalue weighted by molar-refractivity contribution is -0.166. The van der Waals surface area contributed by atoms with Crippen molar-refractivity contribution >= 4 is 28.5 Å². The second kappa shape index (κ2) is 5.84. The summed E-state index contributed by atoms with van der Waals surface area (Å²) in [6.45, 7) is -0.404. The zero-order valence-electron chi connectivity index (χ0n) is 14.8. The molecule has 2 aliphatic heterocycles. The van der Waals surface area contributed by atoms with Gasteiger partial charge < -0.3 is 25.3 Å². The number of hydrogen-bond donors (Lipinski definition) is 4. The Hall–Kier alpha value is -3.32. The molecule has 142 valence electrons. The fourth-order valence-electron chi connectivity index (χ4n) is 4.76. The molecule has 4 N–H and O–H groups in total. The summed E-state index contributed by atoms with van der Waals surface area (Å²) < 4.78 is 5.46. The number of nitrogens with one attached hydrogen (secondary N) is 2. The number of H-pyrrole nitrogens is 1. The number of aromatic nitrogens is 1. The number of ether oxygens (including phenoxy) is 1. The Morgan fingerprint density at radius 1 is 1.18 bits per heavy atom. The third-order valence-corrected chi connectivity index (χ3v) is 5.88. The van der Waals surface area contributed by atoms with Gasteiger partial charge >= 0.3 is 5.97 Å². The first-order valence-corrected chi connectivity index (χ1v) is 9.06. The number of esters is 1. The Labute approximate surface area is 159 Å². The molecule has 1 fully saturated rings. The van der Waals surface area contributed by atoms with Gasteiger partial charge in [-0.2, -0.15) is 0 Å². The molecule has 2 aromatic carbocycles. The smallest absolute Gasteiger partial charge is 0.307 e. The fraction of sp³-hybridized carbons (Fsp3) is 0.238. The van der Waals surface area contributed by atoms with Crippen molar-refractivity contribution in [2.24, 2.45) is 0 Å². The predicted molar refractivity (Wildman–Crippen MR) is 101 cm³/mol. The van der Waals surface area contributed by atoms with Crippen LogP contribution in [0.4, 0.5) is 5.69 Å². The van der Waals surface area contributed by atoms with E-state index in [1.165, 1.54) is 12.1 Å². The summed E-state index contributed by atoms with van der Waals surface area (Å²) in [6, 6.07) is 12.3. The molecule has 3 heterocycles. The lowest BCUT2D eigenvalue weighted by Crippen LogP contribution is -2.53. The van der Waals surface area contributed by atoms with E-state index >= 15 is 0 Å². The Balaban J connectivity index is 1.79. The molecule has 0 saturated carbocycles. The number of amides is 1. The number of para-hydroxylation sites is 1. The van der Waals surface area contributed by atoms with Crippen LogP contribution in [0.25, 0.3) is 10.9 Å². The minimum absolute atomic E-state index is 0.0249. The topological polar surface area (TPSA) is 112 Å². The normalized spacial score (nSPS) is 26.3. The van der Waals surface area contributed by atoms with E-state index in [2.05, 4.69) is 10.3 Å². The number of carbonyl (C=O) groups is 2. The van der Waals surface area contributed by atoms with Gasteiger partial charge in [0.05, 0.1) is 18.4 Å². The molecular weight excluding hydrogens is 360 g/mol. The van der Waals surface area contributed by atoms with Gasteiger partial charge in [-0.05, 0) is 23.3 Å². The number of carbonyl (C=O) groups excluding carboxylic acids is 2. The van der Waals surface area contributed by atoms with Crippen molar-refractivity contribution in [1.82, 2.24) is 4.98 Å². The Kier molecular flexibility index (Phi) is 3.51. The van der Waals surface area contributed by atoms with Gasteiger partial charge in [-0.25, -0.2) is 0 Å². The van der Waals surface area contributed by atoms with Gasteiger partial charge in [-0.1, -0.05) is 24.3 Å². The van der Waals surface area contributed by atoms with Gasteiger partial charge in [0.2, 0.25) is 5.91 Å². The van der Waals surface area contributed by atoms with E-state index in [9.17, 15) is 19.8 Å². The first-order chi connectivity index (χ1) is 13.5. The molecule has 1 spiro atoms. The van der Waals surface area contributed by atoms with E-state index in [1.807, 2.05) is 30.5 Å². The largest absolute Gasteiger partial charge is 0.508 e. The SMILES string of the molecule is O=C1CC2(C(=O)Nc3cc(O)ccc32)C(c2c[nH]c3ccccc23)C(CO)O1. The maximum absolute atomic E-state index is 13.3. The van der Waals surface area contributed by atoms with Crippen LogP contribution in [0.15, 0.2) is 48.7 Å². The average Bonchev–Trinajstić information content (AvgIpc) is 3.21. The number of phenols is 1. The maximum Gasteiger partial charge on any atom is 0.307 e. The average molecular weight is 378 g/mol. The second-order valence-corrected chi connectivity index (χ2v) is 7.31. The van der Waals surface area contributed by atoms with Gasteiger partial charge in [0, 0.05) is 34.8 Å². The zero-order chi connectivity index (χ0) is 19.5. The van der Waals surface area contributed by atoms with Gasteiger partial charge in [-0.3, -0.25) is 9.59 Å². The van der Waals surface area contributed by atoms with Gasteiger partial charge in [0.1, 0.15) is 11.9 Å². The number of aromatic amines is 1. The summed E-state index contributed by atoms with van der Waals surface area (Å²) in [5.41, 5.74) is 1.57. The van der Waals surface area contributed by atoms with Crippen LogP contribution in [-0.4, -0.2) is 39.8 Å². The van der Waals surface area contributed by atoms with E-state index in [1.54, 1.807) is 6.07 Å². The van der Waals surface area contributed by atoms with Crippen molar-refractivity contribution in [3.8, 4) is 5.75 Å². The summed E-state index contributed by atoms with van der Waals surface area (Å²) in [7, 11) is 0. The lowest BCUT2D eigenvalue weighted by Gasteiger charge is -2.43. The van der Waals surface area contributed by atoms with Crippen LogP contribution in [-0.2, 0) is 19.7 Å². The molecule has 0 bridgehead atoms. The van der Waals surface area contributed by atoms with Crippen molar-refractivity contribution in [3.63, 3.8) is 0 Å². The van der Waals surface area contributed by atoms with Crippen LogP contribution in [0.3, 0.4) is 0 Å². The molecule has 0 radical (unpaired) electrons. The highest BCUT2D eigenvalue weighted by molar-refractivity contribution is 6.10. The first-order valence-electron chi connectivity index (χ1n) is 9.06. The van der Waals surface area contributed by atoms with Crippen LogP contribution in [0, 0.1) is 0 Å². The number of aromatic hydroxyl groups is 1. The van der Waals surface area contributed by atoms with Gasteiger partial charge in [-0.15, -0.1) is 0 Å². The third-order valence-electron chi connectivity index (χ3n) is 5.88. The lowest BCUT2D eigenvalue weighted by atomic mass is 9.63. The highest BCUT2D eigenvalue weighted by Crippen LogP contribution is 2.55. The summed E-state index contributed by atoms with van der Waals surface area (Å²) in [5.74, 6) is -1.43. The van der Waals surface area contributed by atoms with Crippen molar-refractivity contribution < 1.29 is 24.5 Å². The molecule has 1 saturated heterocycles. The van der Waals surface area contributed by atoms with Crippen LogP contribution in [0.2, 0.25) is 0 Å². The summed E-state index contributed by atoms with van der Waals surface area (Å²) >= 11 is 0. The number of phenolic OH excluding ortho intramolecular Hbond substituents is 1. The highest BCUT2D eigenvalue weighted by Gasteiger charge is 2.60. The summed E-state index contributed by atoms with van der Waals surface area (Å²) in [6.07, 6.45) is 0.799.